The van der Waals surface area contributed by atoms with Crippen molar-refractivity contribution in [3.63, 3.8) is 0 Å². The zero-order valence-electron chi connectivity index (χ0n) is 15.5. The minimum atomic E-state index is 0.0737. The van der Waals surface area contributed by atoms with Gasteiger partial charge in [-0.05, 0) is 69.5 Å². The van der Waals surface area contributed by atoms with E-state index in [0.717, 1.165) is 13.1 Å². The smallest absolute Gasteiger partial charge is 0.0546 e. The first-order valence-corrected chi connectivity index (χ1v) is 9.28. The first-order chi connectivity index (χ1) is 11.5. The van der Waals surface area contributed by atoms with Gasteiger partial charge in [0.15, 0.2) is 0 Å². The van der Waals surface area contributed by atoms with Crippen LogP contribution in [0.4, 0.5) is 0 Å². The van der Waals surface area contributed by atoms with Crippen LogP contribution in [0.3, 0.4) is 0 Å². The number of nitrogens with one attached hydrogen (secondary N) is 1. The highest BCUT2D eigenvalue weighted by atomic mass is 15.3. The fourth-order valence-corrected chi connectivity index (χ4v) is 3.94. The Morgan fingerprint density at radius 1 is 1.25 bits per heavy atom. The van der Waals surface area contributed by atoms with Gasteiger partial charge in [-0.15, -0.1) is 0 Å². The molecule has 0 fully saturated rings. The van der Waals surface area contributed by atoms with E-state index in [9.17, 15) is 0 Å². The molecule has 0 amide bonds. The van der Waals surface area contributed by atoms with Gasteiger partial charge in [0.25, 0.3) is 0 Å². The van der Waals surface area contributed by atoms with Gasteiger partial charge in [-0.2, -0.15) is 5.10 Å². The highest BCUT2D eigenvalue weighted by molar-refractivity contribution is 5.27. The lowest BCUT2D eigenvalue weighted by Crippen LogP contribution is -2.29. The summed E-state index contributed by atoms with van der Waals surface area (Å²) in [5.74, 6) is 1.26. The highest BCUT2D eigenvalue weighted by Gasteiger charge is 2.30. The molecule has 0 bridgehead atoms. The van der Waals surface area contributed by atoms with Crippen LogP contribution in [-0.2, 0) is 18.5 Å². The van der Waals surface area contributed by atoms with E-state index >= 15 is 0 Å². The number of aromatic nitrogens is 2. The molecule has 1 aliphatic carbocycles. The summed E-state index contributed by atoms with van der Waals surface area (Å²) in [6.07, 6.45) is 5.88. The molecule has 0 aliphatic heterocycles. The van der Waals surface area contributed by atoms with Crippen LogP contribution >= 0.6 is 0 Å². The van der Waals surface area contributed by atoms with Crippen LogP contribution in [0, 0.1) is 5.92 Å². The van der Waals surface area contributed by atoms with Gasteiger partial charge in [-0.25, -0.2) is 0 Å². The Morgan fingerprint density at radius 2 is 2.00 bits per heavy atom. The number of hydrogen-bond acceptors (Lipinski definition) is 2. The van der Waals surface area contributed by atoms with Gasteiger partial charge in [0, 0.05) is 12.2 Å². The van der Waals surface area contributed by atoms with Crippen LogP contribution in [0.15, 0.2) is 36.5 Å². The van der Waals surface area contributed by atoms with E-state index in [1.807, 2.05) is 0 Å². The zero-order valence-corrected chi connectivity index (χ0v) is 15.5. The van der Waals surface area contributed by atoms with Crippen molar-refractivity contribution in [3.8, 4) is 0 Å². The van der Waals surface area contributed by atoms with Gasteiger partial charge >= 0.3 is 0 Å². The molecule has 0 saturated carbocycles. The number of benzene rings is 1. The third-order valence-electron chi connectivity index (χ3n) is 5.19. The Labute approximate surface area is 146 Å². The van der Waals surface area contributed by atoms with E-state index in [2.05, 4.69) is 74.2 Å². The highest BCUT2D eigenvalue weighted by Crippen LogP contribution is 2.38. The van der Waals surface area contributed by atoms with Gasteiger partial charge in [-0.1, -0.05) is 37.3 Å². The Morgan fingerprint density at radius 3 is 2.71 bits per heavy atom. The van der Waals surface area contributed by atoms with Crippen LogP contribution in [0.25, 0.3) is 0 Å². The summed E-state index contributed by atoms with van der Waals surface area (Å²) in [7, 11) is 0. The van der Waals surface area contributed by atoms with Crippen LogP contribution in [0.2, 0.25) is 0 Å². The van der Waals surface area contributed by atoms with Crippen LogP contribution in [-0.4, -0.2) is 16.3 Å². The Balaban J connectivity index is 1.65. The fourth-order valence-electron chi connectivity index (χ4n) is 3.94. The molecule has 0 saturated heterocycles. The molecule has 1 aromatic heterocycles. The Bertz CT molecular complexity index is 651. The predicted molar refractivity (Wildman–Crippen MR) is 100 cm³/mol. The molecular formula is C21H31N3. The number of rotatable bonds is 5. The third kappa shape index (κ3) is 3.72. The van der Waals surface area contributed by atoms with E-state index in [0.29, 0.717) is 11.8 Å². The van der Waals surface area contributed by atoms with Gasteiger partial charge in [0.05, 0.1) is 11.7 Å². The largest absolute Gasteiger partial charge is 0.312 e. The molecule has 1 aliphatic rings. The molecule has 0 spiro atoms. The molecule has 1 N–H and O–H groups in total. The van der Waals surface area contributed by atoms with Crippen molar-refractivity contribution in [2.45, 2.75) is 65.0 Å². The topological polar surface area (TPSA) is 29.9 Å². The maximum atomic E-state index is 4.73. The molecule has 3 nitrogen and oxygen atoms in total. The quantitative estimate of drug-likeness (QED) is 0.878. The minimum absolute atomic E-state index is 0.0737. The maximum Gasteiger partial charge on any atom is 0.0546 e. The molecular weight excluding hydrogens is 294 g/mol. The Kier molecular flexibility index (Phi) is 5.09. The number of hydrogen-bond donors (Lipinski definition) is 1. The molecule has 2 unspecified atom stereocenters. The van der Waals surface area contributed by atoms with Crippen molar-refractivity contribution in [1.82, 2.24) is 15.1 Å². The summed E-state index contributed by atoms with van der Waals surface area (Å²) >= 11 is 0. The van der Waals surface area contributed by atoms with Crippen molar-refractivity contribution >= 4 is 0 Å². The van der Waals surface area contributed by atoms with E-state index in [-0.39, 0.29) is 5.54 Å². The number of fused-ring (bicyclic) bond motifs is 1. The zero-order chi connectivity index (χ0) is 17.2. The molecule has 0 radical (unpaired) electrons. The SMILES string of the molecule is CC(CNCc1ccccc1)C1CCCc2c1cnn2C(C)(C)C. The fraction of sp³-hybridized carbons (Fsp3) is 0.571. The van der Waals surface area contributed by atoms with Crippen molar-refractivity contribution in [2.75, 3.05) is 6.54 Å². The summed E-state index contributed by atoms with van der Waals surface area (Å²) in [5.41, 5.74) is 4.39. The molecule has 130 valence electrons. The minimum Gasteiger partial charge on any atom is -0.312 e. The lowest BCUT2D eigenvalue weighted by atomic mass is 9.79. The first-order valence-electron chi connectivity index (χ1n) is 9.28. The monoisotopic (exact) mass is 325 g/mol. The van der Waals surface area contributed by atoms with Crippen molar-refractivity contribution in [3.05, 3.63) is 53.3 Å². The van der Waals surface area contributed by atoms with E-state index < -0.39 is 0 Å². The summed E-state index contributed by atoms with van der Waals surface area (Å²) < 4.78 is 2.25. The predicted octanol–water partition coefficient (Wildman–Crippen LogP) is 4.48. The van der Waals surface area contributed by atoms with Crippen molar-refractivity contribution in [1.29, 1.82) is 0 Å². The summed E-state index contributed by atoms with van der Waals surface area (Å²) in [6.45, 7) is 11.1. The standard InChI is InChI=1S/C21H31N3/c1-16(13-22-14-17-9-6-5-7-10-17)18-11-8-12-20-19(18)15-23-24(20)21(2,3)4/h5-7,9-10,15-16,18,22H,8,11-14H2,1-4H3. The van der Waals surface area contributed by atoms with Crippen LogP contribution in [0.1, 0.15) is 63.3 Å². The molecule has 1 heterocycles. The second-order valence-electron chi connectivity index (χ2n) is 8.22. The van der Waals surface area contributed by atoms with Crippen molar-refractivity contribution < 1.29 is 0 Å². The normalized spacial score (nSPS) is 19.1. The summed E-state index contributed by atoms with van der Waals surface area (Å²) in [4.78, 5) is 0. The van der Waals surface area contributed by atoms with Gasteiger partial charge in [-0.3, -0.25) is 4.68 Å². The van der Waals surface area contributed by atoms with Crippen LogP contribution < -0.4 is 5.32 Å². The summed E-state index contributed by atoms with van der Waals surface area (Å²) in [5, 5.41) is 8.37. The Hall–Kier alpha value is -1.61. The number of nitrogens with zero attached hydrogens (tertiary/aromatic N) is 2. The van der Waals surface area contributed by atoms with E-state index in [1.165, 1.54) is 36.1 Å². The lowest BCUT2D eigenvalue weighted by Gasteiger charge is -2.31. The van der Waals surface area contributed by atoms with Gasteiger partial charge < -0.3 is 5.32 Å². The second-order valence-corrected chi connectivity index (χ2v) is 8.22. The van der Waals surface area contributed by atoms with E-state index in [1.54, 1.807) is 0 Å². The average Bonchev–Trinajstić information content (AvgIpc) is 3.00. The molecule has 2 aromatic rings. The molecule has 3 rings (SSSR count). The van der Waals surface area contributed by atoms with Crippen molar-refractivity contribution in [2.24, 2.45) is 5.92 Å². The summed E-state index contributed by atoms with van der Waals surface area (Å²) in [6, 6.07) is 10.7. The third-order valence-corrected chi connectivity index (χ3v) is 5.19. The molecule has 1 aromatic carbocycles. The molecule has 3 heteroatoms. The van der Waals surface area contributed by atoms with Gasteiger partial charge in [0.2, 0.25) is 0 Å². The van der Waals surface area contributed by atoms with E-state index in [4.69, 9.17) is 5.10 Å². The van der Waals surface area contributed by atoms with Gasteiger partial charge in [0.1, 0.15) is 0 Å². The lowest BCUT2D eigenvalue weighted by molar-refractivity contribution is 0.328. The maximum absolute atomic E-state index is 4.73. The first kappa shape index (κ1) is 17.2. The molecule has 2 atom stereocenters. The average molecular weight is 326 g/mol. The van der Waals surface area contributed by atoms with Crippen LogP contribution in [0.5, 0.6) is 0 Å². The molecule has 24 heavy (non-hydrogen) atoms. The second kappa shape index (κ2) is 7.10.